The van der Waals surface area contributed by atoms with Crippen LogP contribution < -0.4 is 0 Å². The second kappa shape index (κ2) is 37.7. The first-order valence-electron chi connectivity index (χ1n) is 22.8. The van der Waals surface area contributed by atoms with E-state index in [1.807, 2.05) is 36.5 Å². The zero-order valence-electron chi connectivity index (χ0n) is 37.9. The molecule has 362 valence electrons. The van der Waals surface area contributed by atoms with E-state index in [9.17, 15) is 49.7 Å². The number of unbranched alkanes of at least 4 members (excludes halogenated alkanes) is 4. The molecule has 9 atom stereocenters. The largest absolute Gasteiger partial charge is 0.472 e. The first kappa shape index (κ1) is 58.5. The van der Waals surface area contributed by atoms with Crippen LogP contribution in [0, 0.1) is 0 Å². The van der Waals surface area contributed by atoms with E-state index in [0.717, 1.165) is 64.2 Å². The molecule has 1 aliphatic rings. The van der Waals surface area contributed by atoms with Crippen molar-refractivity contribution < 1.29 is 68.2 Å². The number of esters is 2. The van der Waals surface area contributed by atoms with Crippen molar-refractivity contribution in [1.29, 1.82) is 0 Å². The number of phosphoric acid groups is 1. The Balaban J connectivity index is 2.56. The fraction of sp³-hybridized carbons (Fsp3) is 0.592. The van der Waals surface area contributed by atoms with Crippen LogP contribution in [0.25, 0.3) is 0 Å². The third-order valence-electron chi connectivity index (χ3n) is 9.73. The molecular weight excluding hydrogens is 843 g/mol. The maximum Gasteiger partial charge on any atom is 0.472 e. The number of phosphoric ester groups is 1. The van der Waals surface area contributed by atoms with Gasteiger partial charge in [0.15, 0.2) is 6.10 Å². The van der Waals surface area contributed by atoms with E-state index in [-0.39, 0.29) is 12.8 Å². The van der Waals surface area contributed by atoms with Gasteiger partial charge in [0.25, 0.3) is 0 Å². The van der Waals surface area contributed by atoms with Gasteiger partial charge in [-0.15, -0.1) is 0 Å². The highest BCUT2D eigenvalue weighted by Crippen LogP contribution is 2.47. The zero-order chi connectivity index (χ0) is 47.3. The average Bonchev–Trinajstić information content (AvgIpc) is 3.27. The van der Waals surface area contributed by atoms with Gasteiger partial charge in [-0.3, -0.25) is 18.6 Å². The molecule has 0 radical (unpaired) electrons. The van der Waals surface area contributed by atoms with Gasteiger partial charge in [-0.25, -0.2) is 4.57 Å². The van der Waals surface area contributed by atoms with Crippen molar-refractivity contribution in [2.45, 2.75) is 172 Å². The van der Waals surface area contributed by atoms with Crippen molar-refractivity contribution in [2.24, 2.45) is 0 Å². The van der Waals surface area contributed by atoms with Crippen molar-refractivity contribution in [2.75, 3.05) is 13.2 Å². The summed E-state index contributed by atoms with van der Waals surface area (Å²) in [4.78, 5) is 35.7. The highest BCUT2D eigenvalue weighted by atomic mass is 31.2. The van der Waals surface area contributed by atoms with E-state index in [4.69, 9.17) is 18.5 Å². The second-order valence-corrected chi connectivity index (χ2v) is 16.7. The van der Waals surface area contributed by atoms with Crippen LogP contribution in [0.3, 0.4) is 0 Å². The van der Waals surface area contributed by atoms with Crippen molar-refractivity contribution in [3.05, 3.63) is 109 Å². The van der Waals surface area contributed by atoms with Gasteiger partial charge in [-0.05, 0) is 70.6 Å². The number of hydrogen-bond donors (Lipinski definition) is 7. The van der Waals surface area contributed by atoms with E-state index in [1.54, 1.807) is 6.08 Å². The number of carbonyl (C=O) groups is 2. The average molecular weight is 921 g/mol. The van der Waals surface area contributed by atoms with Crippen molar-refractivity contribution >= 4 is 19.8 Å². The summed E-state index contributed by atoms with van der Waals surface area (Å²) in [7, 11) is -5.17. The number of aliphatic hydroxyl groups is 6. The van der Waals surface area contributed by atoms with Crippen LogP contribution in [-0.4, -0.2) is 110 Å². The fourth-order valence-electron chi connectivity index (χ4n) is 6.08. The molecule has 14 nitrogen and oxygen atoms in total. The highest BCUT2D eigenvalue weighted by molar-refractivity contribution is 7.47. The normalized spacial score (nSPS) is 23.1. The molecule has 64 heavy (non-hydrogen) atoms. The molecule has 0 spiro atoms. The van der Waals surface area contributed by atoms with Crippen LogP contribution in [0.5, 0.6) is 0 Å². The van der Waals surface area contributed by atoms with E-state index in [1.165, 1.54) is 0 Å². The zero-order valence-corrected chi connectivity index (χ0v) is 38.8. The molecule has 0 bridgehead atoms. The van der Waals surface area contributed by atoms with Gasteiger partial charge in [0, 0.05) is 12.8 Å². The third-order valence-corrected chi connectivity index (χ3v) is 10.7. The van der Waals surface area contributed by atoms with E-state index < -0.39 is 81.8 Å². The molecule has 7 N–H and O–H groups in total. The summed E-state index contributed by atoms with van der Waals surface area (Å²) in [6.07, 6.45) is 34.5. The Morgan fingerprint density at radius 2 is 1.03 bits per heavy atom. The lowest BCUT2D eigenvalue weighted by molar-refractivity contribution is -0.220. The van der Waals surface area contributed by atoms with Crippen LogP contribution in [0.4, 0.5) is 0 Å². The first-order valence-corrected chi connectivity index (χ1v) is 24.3. The molecule has 1 saturated carbocycles. The maximum atomic E-state index is 12.8. The summed E-state index contributed by atoms with van der Waals surface area (Å²) >= 11 is 0. The lowest BCUT2D eigenvalue weighted by Crippen LogP contribution is -2.64. The molecule has 0 heterocycles. The first-order chi connectivity index (χ1) is 30.8. The van der Waals surface area contributed by atoms with Crippen molar-refractivity contribution in [3.63, 3.8) is 0 Å². The molecule has 1 fully saturated rings. The molecule has 15 heteroatoms. The van der Waals surface area contributed by atoms with Gasteiger partial charge in [0.2, 0.25) is 0 Å². The lowest BCUT2D eigenvalue weighted by Gasteiger charge is -2.41. The molecular formula is C49H77O14P. The molecule has 0 aliphatic heterocycles. The predicted molar refractivity (Wildman–Crippen MR) is 250 cm³/mol. The van der Waals surface area contributed by atoms with Crippen LogP contribution in [0.15, 0.2) is 109 Å². The van der Waals surface area contributed by atoms with Crippen molar-refractivity contribution in [3.8, 4) is 0 Å². The van der Waals surface area contributed by atoms with Crippen molar-refractivity contribution in [1.82, 2.24) is 0 Å². The summed E-state index contributed by atoms with van der Waals surface area (Å²) in [5, 5.41) is 60.3. The summed E-state index contributed by atoms with van der Waals surface area (Å²) in [6, 6.07) is 0. The van der Waals surface area contributed by atoms with Gasteiger partial charge in [0.05, 0.1) is 12.7 Å². The molecule has 0 aromatic rings. The molecule has 0 amide bonds. The van der Waals surface area contributed by atoms with Crippen LogP contribution in [-0.2, 0) is 32.7 Å². The van der Waals surface area contributed by atoms with E-state index in [2.05, 4.69) is 80.7 Å². The number of ether oxygens (including phenoxy) is 2. The molecule has 0 aromatic carbocycles. The monoisotopic (exact) mass is 921 g/mol. The summed E-state index contributed by atoms with van der Waals surface area (Å²) in [5.74, 6) is -1.29. The molecule has 1 rings (SSSR count). The maximum absolute atomic E-state index is 12.8. The van der Waals surface area contributed by atoms with E-state index >= 15 is 0 Å². The minimum atomic E-state index is -5.17. The Hall–Kier alpha value is -3.53. The molecule has 0 aromatic heterocycles. The van der Waals surface area contributed by atoms with Gasteiger partial charge in [-0.2, -0.15) is 0 Å². The number of hydrogen-bond acceptors (Lipinski definition) is 13. The summed E-state index contributed by atoms with van der Waals surface area (Å²) in [6.45, 7) is 2.88. The Bertz CT molecular complexity index is 1550. The van der Waals surface area contributed by atoms with Gasteiger partial charge in [0.1, 0.15) is 43.2 Å². The second-order valence-electron chi connectivity index (χ2n) is 15.3. The molecule has 0 saturated heterocycles. The Morgan fingerprint density at radius 3 is 1.58 bits per heavy atom. The summed E-state index contributed by atoms with van der Waals surface area (Å²) in [5.41, 5.74) is 0. The van der Waals surface area contributed by atoms with Crippen LogP contribution in [0.1, 0.15) is 123 Å². The van der Waals surface area contributed by atoms with Crippen LogP contribution >= 0.6 is 7.82 Å². The minimum Gasteiger partial charge on any atom is -0.462 e. The van der Waals surface area contributed by atoms with Gasteiger partial charge < -0.3 is 45.0 Å². The number of rotatable bonds is 35. The standard InChI is InChI=1S/C49H77O14P/c1-3-5-7-9-11-12-13-14-15-16-17-18-19-20-21-22-24-28-32-36-42(51)60-38-41(39-61-64(58,59)63-49-47(56)45(54)44(53)46(55)48(49)57)62-43(52)37-33-29-25-27-31-35-40(50)34-30-26-23-10-8-6-4-2/h5-8,11-12,14-15,17-18,20-21,23-24,26,28,30,34,40-41,44-50,53-57H,3-4,9-10,13,16,19,22,25,27,29,31-33,35-39H2,1-2H3,(H,58,59)/b7-5-,8-6+,12-11-,15-14-,18-17-,21-20-,26-23+,28-24-,34-30+/t40?,41-,44?,45-,46+,47-,48-,49?/m1/s1. The van der Waals surface area contributed by atoms with Gasteiger partial charge >= 0.3 is 19.8 Å². The van der Waals surface area contributed by atoms with Gasteiger partial charge in [-0.1, -0.05) is 149 Å². The lowest BCUT2D eigenvalue weighted by atomic mass is 9.85. The smallest absolute Gasteiger partial charge is 0.462 e. The Morgan fingerprint density at radius 1 is 0.562 bits per heavy atom. The minimum absolute atomic E-state index is 0.00409. The topological polar surface area (TPSA) is 230 Å². The predicted octanol–water partition coefficient (Wildman–Crippen LogP) is 7.80. The molecule has 1 aliphatic carbocycles. The summed E-state index contributed by atoms with van der Waals surface area (Å²) < 4.78 is 33.4. The fourth-order valence-corrected chi connectivity index (χ4v) is 7.06. The third kappa shape index (κ3) is 29.8. The number of carbonyl (C=O) groups excluding carboxylic acids is 2. The van der Waals surface area contributed by atoms with E-state index in [0.29, 0.717) is 32.1 Å². The highest BCUT2D eigenvalue weighted by Gasteiger charge is 2.51. The molecule has 4 unspecified atom stereocenters. The number of allylic oxidation sites excluding steroid dienone is 17. The number of aliphatic hydroxyl groups excluding tert-OH is 6. The SMILES string of the molecule is CC/C=C\C/C=C\C/C=C\C/C=C\C/C=C\C/C=C\CCC(=O)OC[C@H](COP(=O)(O)OC1[C@H](O)[C@H](O)C(O)[C@H](O)[C@H]1O)OC(=O)CCCCCCCC(O)/C=C/C=C/C/C=C/CC. The Kier molecular flexibility index (Phi) is 34.4. The van der Waals surface area contributed by atoms with Crippen LogP contribution in [0.2, 0.25) is 0 Å². The Labute approximate surface area is 381 Å². The quantitative estimate of drug-likeness (QED) is 0.0106.